The van der Waals surface area contributed by atoms with E-state index in [1.807, 2.05) is 0 Å². The highest BCUT2D eigenvalue weighted by Gasteiger charge is 2.29. The molecule has 0 unspecified atom stereocenters. The third kappa shape index (κ3) is 4.16. The van der Waals surface area contributed by atoms with Crippen LogP contribution in [0.3, 0.4) is 0 Å². The second kappa shape index (κ2) is 8.43. The van der Waals surface area contributed by atoms with Gasteiger partial charge in [-0.1, -0.05) is 0 Å². The predicted molar refractivity (Wildman–Crippen MR) is 84.9 cm³/mol. The van der Waals surface area contributed by atoms with E-state index in [2.05, 4.69) is 0 Å². The summed E-state index contributed by atoms with van der Waals surface area (Å²) in [4.78, 5) is 25.0. The summed E-state index contributed by atoms with van der Waals surface area (Å²) in [6, 6.07) is 0. The van der Waals surface area contributed by atoms with E-state index in [4.69, 9.17) is 19.5 Å². The van der Waals surface area contributed by atoms with Gasteiger partial charge in [0.2, 0.25) is 0 Å². The molecule has 0 atom stereocenters. The van der Waals surface area contributed by atoms with Gasteiger partial charge < -0.3 is 24.4 Å². The quantitative estimate of drug-likeness (QED) is 0.455. The summed E-state index contributed by atoms with van der Waals surface area (Å²) >= 11 is 0. The highest BCUT2D eigenvalue weighted by atomic mass is 31.2. The first-order valence-electron chi connectivity index (χ1n) is 7.05. The van der Waals surface area contributed by atoms with Crippen LogP contribution >= 0.6 is 7.60 Å². The van der Waals surface area contributed by atoms with Gasteiger partial charge in [0.05, 0.1) is 12.8 Å². The second-order valence-corrected chi connectivity index (χ2v) is 7.00. The molecule has 0 fully saturated rings. The highest BCUT2D eigenvalue weighted by molar-refractivity contribution is 7.53. The third-order valence-corrected chi connectivity index (χ3v) is 5.14. The number of hydrogen-bond donors (Lipinski definition) is 1. The first-order chi connectivity index (χ1) is 10.4. The lowest BCUT2D eigenvalue weighted by molar-refractivity contribution is 0.276. The fourth-order valence-electron chi connectivity index (χ4n) is 2.04. The van der Waals surface area contributed by atoms with Crippen LogP contribution in [-0.4, -0.2) is 46.6 Å². The van der Waals surface area contributed by atoms with E-state index in [9.17, 15) is 14.2 Å². The standard InChI is InChI=1S/C13H23N2O6P/c1-4-21-13-10(11(16)12(13)17)15(7-5-6-14)8-9-22(18,19-2)20-3/h4-9,14H2,1-3H3. The van der Waals surface area contributed by atoms with Crippen LogP contribution < -0.4 is 26.2 Å². The van der Waals surface area contributed by atoms with Crippen LogP contribution in [0.25, 0.3) is 0 Å². The Bertz CT molecular complexity index is 588. The van der Waals surface area contributed by atoms with Crippen LogP contribution in [0.4, 0.5) is 5.69 Å². The van der Waals surface area contributed by atoms with E-state index >= 15 is 0 Å². The smallest absolute Gasteiger partial charge is 0.331 e. The van der Waals surface area contributed by atoms with E-state index in [1.165, 1.54) is 14.2 Å². The molecule has 1 rings (SSSR count). The molecule has 0 aliphatic carbocycles. The molecule has 0 saturated heterocycles. The van der Waals surface area contributed by atoms with Gasteiger partial charge in [-0.25, -0.2) is 0 Å². The molecule has 0 aromatic heterocycles. The van der Waals surface area contributed by atoms with E-state index in [1.54, 1.807) is 11.8 Å². The van der Waals surface area contributed by atoms with Crippen LogP contribution in [0, 0.1) is 0 Å². The van der Waals surface area contributed by atoms with Crippen molar-refractivity contribution in [3.05, 3.63) is 20.4 Å². The number of nitrogens with zero attached hydrogens (tertiary/aromatic N) is 1. The molecule has 0 amide bonds. The largest absolute Gasteiger partial charge is 0.488 e. The molecule has 9 heteroatoms. The molecule has 22 heavy (non-hydrogen) atoms. The van der Waals surface area contributed by atoms with Crippen molar-refractivity contribution in [2.45, 2.75) is 13.3 Å². The number of rotatable bonds is 11. The molecule has 0 aliphatic heterocycles. The van der Waals surface area contributed by atoms with Crippen LogP contribution in [0.15, 0.2) is 9.59 Å². The van der Waals surface area contributed by atoms with Crippen LogP contribution in [0.5, 0.6) is 5.75 Å². The van der Waals surface area contributed by atoms with Gasteiger partial charge in [-0.05, 0) is 19.9 Å². The first-order valence-corrected chi connectivity index (χ1v) is 8.78. The minimum Gasteiger partial charge on any atom is -0.488 e. The second-order valence-electron chi connectivity index (χ2n) is 4.60. The summed E-state index contributed by atoms with van der Waals surface area (Å²) in [6.07, 6.45) is 0.712. The Morgan fingerprint density at radius 1 is 1.14 bits per heavy atom. The van der Waals surface area contributed by atoms with E-state index < -0.39 is 18.5 Å². The van der Waals surface area contributed by atoms with Gasteiger partial charge >= 0.3 is 7.60 Å². The van der Waals surface area contributed by atoms with Crippen molar-refractivity contribution in [2.75, 3.05) is 51.5 Å². The molecule has 0 bridgehead atoms. The molecule has 2 N–H and O–H groups in total. The van der Waals surface area contributed by atoms with Crippen molar-refractivity contribution in [3.63, 3.8) is 0 Å². The topological polar surface area (TPSA) is 108 Å². The summed E-state index contributed by atoms with van der Waals surface area (Å²) in [5.74, 6) is 0.0641. The lowest BCUT2D eigenvalue weighted by atomic mass is 10.2. The monoisotopic (exact) mass is 334 g/mol. The van der Waals surface area contributed by atoms with Gasteiger partial charge in [0.15, 0.2) is 5.75 Å². The van der Waals surface area contributed by atoms with Crippen molar-refractivity contribution in [2.24, 2.45) is 5.73 Å². The number of nitrogens with two attached hydrogens (primary N) is 1. The summed E-state index contributed by atoms with van der Waals surface area (Å²) in [5, 5.41) is 0. The summed E-state index contributed by atoms with van der Waals surface area (Å²) < 4.78 is 27.1. The maximum absolute atomic E-state index is 12.1. The van der Waals surface area contributed by atoms with Gasteiger partial charge in [0, 0.05) is 27.3 Å². The molecule has 0 aliphatic rings. The molecule has 0 radical (unpaired) electrons. The number of ether oxygens (including phenoxy) is 1. The zero-order valence-electron chi connectivity index (χ0n) is 13.2. The van der Waals surface area contributed by atoms with Crippen molar-refractivity contribution < 1.29 is 18.3 Å². The van der Waals surface area contributed by atoms with Gasteiger partial charge in [-0.2, -0.15) is 0 Å². The van der Waals surface area contributed by atoms with Gasteiger partial charge in [0.1, 0.15) is 5.69 Å². The zero-order valence-corrected chi connectivity index (χ0v) is 14.1. The molecule has 0 saturated carbocycles. The first kappa shape index (κ1) is 18.8. The molecule has 1 aromatic rings. The van der Waals surface area contributed by atoms with Crippen LogP contribution in [0.2, 0.25) is 0 Å². The van der Waals surface area contributed by atoms with Crippen molar-refractivity contribution in [1.82, 2.24) is 0 Å². The Kier molecular flexibility index (Phi) is 7.22. The zero-order chi connectivity index (χ0) is 16.8. The Hall–Kier alpha value is -1.21. The molecule has 126 valence electrons. The summed E-state index contributed by atoms with van der Waals surface area (Å²) in [6.45, 7) is 3.15. The van der Waals surface area contributed by atoms with E-state index in [0.29, 0.717) is 19.5 Å². The molecular formula is C13H23N2O6P. The number of hydrogen-bond acceptors (Lipinski definition) is 8. The maximum Gasteiger partial charge on any atom is 0.331 e. The average molecular weight is 334 g/mol. The summed E-state index contributed by atoms with van der Waals surface area (Å²) in [7, 11) is -0.590. The molecular weight excluding hydrogens is 311 g/mol. The molecule has 0 heterocycles. The molecule has 1 aromatic carbocycles. The maximum atomic E-state index is 12.1. The van der Waals surface area contributed by atoms with Crippen LogP contribution in [0.1, 0.15) is 13.3 Å². The van der Waals surface area contributed by atoms with Crippen molar-refractivity contribution >= 4 is 13.3 Å². The average Bonchev–Trinajstić information content (AvgIpc) is 2.55. The Labute approximate surface area is 129 Å². The predicted octanol–water partition coefficient (Wildman–Crippen LogP) is 0.322. The van der Waals surface area contributed by atoms with E-state index in [0.717, 1.165) is 0 Å². The van der Waals surface area contributed by atoms with Gasteiger partial charge in [-0.15, -0.1) is 0 Å². The third-order valence-electron chi connectivity index (χ3n) is 3.28. The summed E-state index contributed by atoms with van der Waals surface area (Å²) in [5.41, 5.74) is 4.50. The molecule has 0 spiro atoms. The van der Waals surface area contributed by atoms with Crippen LogP contribution in [-0.2, 0) is 13.6 Å². The fraction of sp³-hybridized carbons (Fsp3) is 0.692. The molecule has 8 nitrogen and oxygen atoms in total. The van der Waals surface area contributed by atoms with Crippen molar-refractivity contribution in [3.8, 4) is 5.75 Å². The van der Waals surface area contributed by atoms with Gasteiger partial charge in [0.25, 0.3) is 10.9 Å². The highest BCUT2D eigenvalue weighted by Crippen LogP contribution is 2.46. The Morgan fingerprint density at radius 3 is 2.27 bits per heavy atom. The Morgan fingerprint density at radius 2 is 1.77 bits per heavy atom. The lowest BCUT2D eigenvalue weighted by Gasteiger charge is -2.28. The van der Waals surface area contributed by atoms with Crippen molar-refractivity contribution in [1.29, 1.82) is 0 Å². The number of anilines is 1. The minimum atomic E-state index is -3.20. The van der Waals surface area contributed by atoms with E-state index in [-0.39, 0.29) is 30.8 Å². The Balaban J connectivity index is 2.94. The van der Waals surface area contributed by atoms with Gasteiger partial charge in [-0.3, -0.25) is 14.2 Å². The SMILES string of the molecule is CCOc1c(N(CCCN)CCP(=O)(OC)OC)c(=O)c1=O. The fourth-order valence-corrected chi connectivity index (χ4v) is 3.04. The minimum absolute atomic E-state index is 0.0641. The normalized spacial score (nSPS) is 11.8. The lowest BCUT2D eigenvalue weighted by Crippen LogP contribution is -2.43.